The molecule has 0 radical (unpaired) electrons. The molecule has 3 N–H and O–H groups in total. The van der Waals surface area contributed by atoms with Crippen LogP contribution in [-0.4, -0.2) is 42.3 Å². The molecule has 2 aromatic carbocycles. The van der Waals surface area contributed by atoms with Crippen molar-refractivity contribution in [3.63, 3.8) is 0 Å². The van der Waals surface area contributed by atoms with Crippen molar-refractivity contribution in [3.05, 3.63) is 59.7 Å². The van der Waals surface area contributed by atoms with Crippen molar-refractivity contribution in [2.24, 2.45) is 11.3 Å². The fourth-order valence-electron chi connectivity index (χ4n) is 4.91. The van der Waals surface area contributed by atoms with Crippen LogP contribution >= 0.6 is 0 Å². The quantitative estimate of drug-likeness (QED) is 0.540. The van der Waals surface area contributed by atoms with E-state index in [9.17, 15) is 19.5 Å². The number of rotatable bonds is 8. The summed E-state index contributed by atoms with van der Waals surface area (Å²) in [5.41, 5.74) is 3.82. The monoisotopic (exact) mass is 464 g/mol. The molecule has 1 fully saturated rings. The Kier molecular flexibility index (Phi) is 6.91. The van der Waals surface area contributed by atoms with E-state index >= 15 is 0 Å². The first-order valence-corrected chi connectivity index (χ1v) is 11.9. The Hall–Kier alpha value is -3.35. The molecule has 0 aliphatic heterocycles. The second-order valence-corrected chi connectivity index (χ2v) is 9.91. The van der Waals surface area contributed by atoms with Gasteiger partial charge in [0.05, 0.1) is 5.41 Å². The molecule has 2 aromatic rings. The maximum atomic E-state index is 12.5. The summed E-state index contributed by atoms with van der Waals surface area (Å²) >= 11 is 0. The summed E-state index contributed by atoms with van der Waals surface area (Å²) in [6.45, 7) is 3.87. The molecule has 1 saturated carbocycles. The first-order chi connectivity index (χ1) is 16.3. The molecule has 0 heterocycles. The molecule has 2 aliphatic carbocycles. The van der Waals surface area contributed by atoms with Gasteiger partial charge in [-0.3, -0.25) is 9.59 Å². The van der Waals surface area contributed by atoms with Crippen LogP contribution in [0.25, 0.3) is 11.1 Å². The summed E-state index contributed by atoms with van der Waals surface area (Å²) in [7, 11) is 0. The highest BCUT2D eigenvalue weighted by atomic mass is 16.5. The second-order valence-electron chi connectivity index (χ2n) is 9.91. The minimum atomic E-state index is -0.880. The number of benzene rings is 2. The molecule has 180 valence electrons. The van der Waals surface area contributed by atoms with Crippen LogP contribution in [0, 0.1) is 11.3 Å². The van der Waals surface area contributed by atoms with Gasteiger partial charge in [-0.1, -0.05) is 48.5 Å². The van der Waals surface area contributed by atoms with Gasteiger partial charge in [-0.25, -0.2) is 4.79 Å². The molecule has 4 rings (SSSR count). The van der Waals surface area contributed by atoms with Crippen molar-refractivity contribution in [1.82, 2.24) is 10.6 Å². The highest BCUT2D eigenvalue weighted by Gasteiger charge is 2.33. The van der Waals surface area contributed by atoms with E-state index in [1.54, 1.807) is 13.8 Å². The number of hydrogen-bond donors (Lipinski definition) is 3. The third-order valence-corrected chi connectivity index (χ3v) is 7.10. The number of carbonyl (C=O) groups is 3. The summed E-state index contributed by atoms with van der Waals surface area (Å²) < 4.78 is 5.62. The summed E-state index contributed by atoms with van der Waals surface area (Å²) in [5, 5.41) is 14.9. The highest BCUT2D eigenvalue weighted by molar-refractivity contribution is 5.80. The number of alkyl carbamates (subject to hydrolysis) is 1. The zero-order valence-corrected chi connectivity index (χ0v) is 19.7. The van der Waals surface area contributed by atoms with E-state index < -0.39 is 17.5 Å². The van der Waals surface area contributed by atoms with E-state index in [0.29, 0.717) is 32.2 Å². The number of carbonyl (C=O) groups excluding carboxylic acids is 2. The normalized spacial score (nSPS) is 19.2. The van der Waals surface area contributed by atoms with Crippen molar-refractivity contribution in [2.45, 2.75) is 51.5 Å². The Labute approximate surface area is 199 Å². The molecule has 0 saturated heterocycles. The molecule has 2 amide bonds. The van der Waals surface area contributed by atoms with Crippen molar-refractivity contribution >= 4 is 18.0 Å². The smallest absolute Gasteiger partial charge is 0.407 e. The lowest BCUT2D eigenvalue weighted by molar-refractivity contribution is -0.147. The fraction of sp³-hybridized carbons (Fsp3) is 0.444. The molecule has 7 heteroatoms. The number of nitrogens with one attached hydrogen (secondary N) is 2. The first-order valence-electron chi connectivity index (χ1n) is 11.9. The van der Waals surface area contributed by atoms with Crippen LogP contribution in [0.4, 0.5) is 4.79 Å². The van der Waals surface area contributed by atoms with Crippen LogP contribution in [0.5, 0.6) is 0 Å². The molecule has 2 aliphatic rings. The van der Waals surface area contributed by atoms with Gasteiger partial charge in [0.15, 0.2) is 0 Å². The minimum absolute atomic E-state index is 0.00954. The topological polar surface area (TPSA) is 105 Å². The lowest BCUT2D eigenvalue weighted by Gasteiger charge is -2.20. The van der Waals surface area contributed by atoms with Crippen molar-refractivity contribution in [1.29, 1.82) is 0 Å². The third kappa shape index (κ3) is 5.08. The maximum absolute atomic E-state index is 12.5. The number of fused-ring (bicyclic) bond motifs is 3. The summed E-state index contributed by atoms with van der Waals surface area (Å²) in [5.74, 6) is -1.14. The molecule has 7 nitrogen and oxygen atoms in total. The van der Waals surface area contributed by atoms with E-state index in [-0.39, 0.29) is 30.4 Å². The number of carboxylic acids is 1. The maximum Gasteiger partial charge on any atom is 0.407 e. The average Bonchev–Trinajstić information content (AvgIpc) is 3.40. The third-order valence-electron chi connectivity index (χ3n) is 7.10. The van der Waals surface area contributed by atoms with Gasteiger partial charge < -0.3 is 20.5 Å². The van der Waals surface area contributed by atoms with Gasteiger partial charge in [-0.2, -0.15) is 0 Å². The van der Waals surface area contributed by atoms with Crippen LogP contribution < -0.4 is 10.6 Å². The van der Waals surface area contributed by atoms with E-state index in [1.165, 1.54) is 22.3 Å². The van der Waals surface area contributed by atoms with Crippen LogP contribution in [0.3, 0.4) is 0 Å². The molecule has 0 bridgehead atoms. The number of amides is 2. The van der Waals surface area contributed by atoms with Crippen LogP contribution in [0.2, 0.25) is 0 Å². The Morgan fingerprint density at radius 3 is 2.24 bits per heavy atom. The van der Waals surface area contributed by atoms with E-state index in [1.807, 2.05) is 24.3 Å². The Morgan fingerprint density at radius 2 is 1.62 bits per heavy atom. The van der Waals surface area contributed by atoms with E-state index in [0.717, 1.165) is 0 Å². The molecule has 0 spiro atoms. The predicted molar refractivity (Wildman–Crippen MR) is 128 cm³/mol. The molecule has 0 aromatic heterocycles. The fourth-order valence-corrected chi connectivity index (χ4v) is 4.91. The second kappa shape index (κ2) is 9.87. The minimum Gasteiger partial charge on any atom is -0.481 e. The number of ether oxygens (including phenoxy) is 1. The van der Waals surface area contributed by atoms with Crippen molar-refractivity contribution < 1.29 is 24.2 Å². The number of aliphatic carboxylic acids is 1. The zero-order chi connectivity index (χ0) is 24.3. The molecular formula is C27H32N2O5. The molecule has 34 heavy (non-hydrogen) atoms. The SMILES string of the molecule is CC(C)(CCNC(=O)[C@@H]1CC[C@H](NC(=O)OCC2c3ccccc3-c3ccccc32)C1)C(=O)O. The lowest BCUT2D eigenvalue weighted by Crippen LogP contribution is -2.37. The van der Waals surface area contributed by atoms with E-state index in [4.69, 9.17) is 4.74 Å². The zero-order valence-electron chi connectivity index (χ0n) is 19.7. The van der Waals surface area contributed by atoms with E-state index in [2.05, 4.69) is 34.9 Å². The average molecular weight is 465 g/mol. The molecule has 0 unspecified atom stereocenters. The van der Waals surface area contributed by atoms with Gasteiger partial charge in [0.25, 0.3) is 0 Å². The summed E-state index contributed by atoms with van der Waals surface area (Å²) in [4.78, 5) is 36.2. The predicted octanol–water partition coefficient (Wildman–Crippen LogP) is 4.31. The van der Waals surface area contributed by atoms with Gasteiger partial charge in [-0.05, 0) is 61.8 Å². The lowest BCUT2D eigenvalue weighted by atomic mass is 9.89. The van der Waals surface area contributed by atoms with Crippen molar-refractivity contribution in [2.75, 3.05) is 13.2 Å². The van der Waals surface area contributed by atoms with Gasteiger partial charge >= 0.3 is 12.1 Å². The van der Waals surface area contributed by atoms with Gasteiger partial charge in [0, 0.05) is 24.4 Å². The number of carboxylic acid groups (broad SMARTS) is 1. The Morgan fingerprint density at radius 1 is 1.00 bits per heavy atom. The first kappa shape index (κ1) is 23.8. The number of hydrogen-bond acceptors (Lipinski definition) is 4. The summed E-state index contributed by atoms with van der Waals surface area (Å²) in [6.07, 6.45) is 1.85. The van der Waals surface area contributed by atoms with Gasteiger partial charge in [0.2, 0.25) is 5.91 Å². The Bertz CT molecular complexity index is 1030. The molecule has 2 atom stereocenters. The van der Waals surface area contributed by atoms with Gasteiger partial charge in [-0.15, -0.1) is 0 Å². The molecular weight excluding hydrogens is 432 g/mol. The Balaban J connectivity index is 1.24. The standard InChI is InChI=1S/C27H32N2O5/c1-27(2,25(31)32)13-14-28-24(30)17-11-12-18(15-17)29-26(33)34-16-23-21-9-5-3-7-19(21)20-8-4-6-10-22(20)23/h3-10,17-18,23H,11-16H2,1-2H3,(H,28,30)(H,29,33)(H,31,32)/t17-,18+/m1/s1. The largest absolute Gasteiger partial charge is 0.481 e. The summed E-state index contributed by atoms with van der Waals surface area (Å²) in [6, 6.07) is 16.3. The van der Waals surface area contributed by atoms with Gasteiger partial charge in [0.1, 0.15) is 6.61 Å². The highest BCUT2D eigenvalue weighted by Crippen LogP contribution is 2.44. The van der Waals surface area contributed by atoms with Crippen LogP contribution in [0.15, 0.2) is 48.5 Å². The van der Waals surface area contributed by atoms with Crippen molar-refractivity contribution in [3.8, 4) is 11.1 Å². The van der Waals surface area contributed by atoms with Crippen LogP contribution in [0.1, 0.15) is 56.6 Å². The van der Waals surface area contributed by atoms with Crippen LogP contribution in [-0.2, 0) is 14.3 Å².